The van der Waals surface area contributed by atoms with E-state index < -0.39 is 11.7 Å². The molecule has 228 valence electrons. The van der Waals surface area contributed by atoms with Gasteiger partial charge in [0.05, 0.1) is 6.20 Å². The zero-order valence-electron chi connectivity index (χ0n) is 23.8. The zero-order valence-corrected chi connectivity index (χ0v) is 25.4. The van der Waals surface area contributed by atoms with Crippen molar-refractivity contribution in [3.8, 4) is 28.5 Å². The van der Waals surface area contributed by atoms with Crippen molar-refractivity contribution >= 4 is 30.7 Å². The Balaban J connectivity index is 0.00000242. The Kier molecular flexibility index (Phi) is 12.4. The van der Waals surface area contributed by atoms with E-state index in [-0.39, 0.29) is 54.1 Å². The molecule has 2 heterocycles. The Morgan fingerprint density at radius 2 is 1.86 bits per heavy atom. The van der Waals surface area contributed by atoms with E-state index in [1.807, 2.05) is 30.3 Å². The van der Waals surface area contributed by atoms with Gasteiger partial charge in [-0.15, -0.1) is 24.8 Å². The predicted molar refractivity (Wildman–Crippen MR) is 167 cm³/mol. The quantitative estimate of drug-likeness (QED) is 0.327. The number of phenolic OH excluding ortho intramolecular Hbond substituents is 1. The molecule has 1 amide bonds. The standard InChI is InChI=1S/C31H38FN5O3.2ClH/c1-36-12-3-13-37(15-14-36)20-22-16-26(38)10-11-28(22)21-4-2-5-27(17-21)40-31-29(18-23(32)19-34-31)30(39)35-25-8-6-24(33)7-9-25;;/h2,4-5,10-11,16-19,24-25,38H,3,6-9,12-15,20,33H2,1H3,(H,35,39);2*1H/t24-,25-;;. The molecule has 5 rings (SSSR count). The second-order valence-corrected chi connectivity index (χ2v) is 11.0. The average molecular weight is 621 g/mol. The number of hydrogen-bond donors (Lipinski definition) is 3. The Bertz CT molecular complexity index is 1340. The van der Waals surface area contributed by atoms with Crippen molar-refractivity contribution in [1.82, 2.24) is 20.1 Å². The maximum absolute atomic E-state index is 14.1. The highest BCUT2D eigenvalue weighted by Crippen LogP contribution is 2.33. The van der Waals surface area contributed by atoms with Gasteiger partial charge in [0.25, 0.3) is 5.91 Å². The third kappa shape index (κ3) is 8.78. The van der Waals surface area contributed by atoms with Crippen LogP contribution in [0.5, 0.6) is 17.4 Å². The number of amides is 1. The van der Waals surface area contributed by atoms with E-state index in [0.717, 1.165) is 93.8 Å². The lowest BCUT2D eigenvalue weighted by Gasteiger charge is -2.27. The molecule has 1 saturated heterocycles. The van der Waals surface area contributed by atoms with Gasteiger partial charge in [-0.2, -0.15) is 0 Å². The molecule has 8 nitrogen and oxygen atoms in total. The highest BCUT2D eigenvalue weighted by molar-refractivity contribution is 5.96. The van der Waals surface area contributed by atoms with Gasteiger partial charge in [-0.1, -0.05) is 18.2 Å². The number of hydrogen-bond acceptors (Lipinski definition) is 7. The van der Waals surface area contributed by atoms with Gasteiger partial charge in [-0.25, -0.2) is 9.37 Å². The maximum atomic E-state index is 14.1. The highest BCUT2D eigenvalue weighted by Gasteiger charge is 2.24. The van der Waals surface area contributed by atoms with Gasteiger partial charge in [0.15, 0.2) is 0 Å². The Hall–Kier alpha value is -2.95. The maximum Gasteiger partial charge on any atom is 0.257 e. The number of rotatable bonds is 7. The predicted octanol–water partition coefficient (Wildman–Crippen LogP) is 5.37. The third-order valence-corrected chi connectivity index (χ3v) is 7.82. The number of nitrogens with zero attached hydrogens (tertiary/aromatic N) is 3. The van der Waals surface area contributed by atoms with E-state index in [1.54, 1.807) is 12.1 Å². The molecule has 0 spiro atoms. The average Bonchev–Trinajstić information content (AvgIpc) is 3.15. The summed E-state index contributed by atoms with van der Waals surface area (Å²) in [5.41, 5.74) is 8.96. The molecule has 2 aliphatic rings. The third-order valence-electron chi connectivity index (χ3n) is 7.82. The van der Waals surface area contributed by atoms with Crippen LogP contribution in [-0.4, -0.2) is 71.1 Å². The summed E-state index contributed by atoms with van der Waals surface area (Å²) < 4.78 is 20.2. The van der Waals surface area contributed by atoms with Crippen molar-refractivity contribution < 1.29 is 19.0 Å². The van der Waals surface area contributed by atoms with Crippen molar-refractivity contribution in [2.45, 2.75) is 50.7 Å². The van der Waals surface area contributed by atoms with Crippen LogP contribution in [0.2, 0.25) is 0 Å². The summed E-state index contributed by atoms with van der Waals surface area (Å²) in [5, 5.41) is 13.3. The summed E-state index contributed by atoms with van der Waals surface area (Å²) >= 11 is 0. The van der Waals surface area contributed by atoms with Crippen LogP contribution in [0, 0.1) is 5.82 Å². The molecular weight excluding hydrogens is 580 g/mol. The number of aromatic nitrogens is 1. The molecule has 11 heteroatoms. The molecular formula is C31H40Cl2FN5O3. The summed E-state index contributed by atoms with van der Waals surface area (Å²) in [6.07, 6.45) is 5.41. The molecule has 0 atom stereocenters. The van der Waals surface area contributed by atoms with Crippen molar-refractivity contribution in [2.24, 2.45) is 5.73 Å². The number of likely N-dealkylation sites (N-methyl/N-ethyl adjacent to an activating group) is 1. The minimum Gasteiger partial charge on any atom is -0.508 e. The first kappa shape index (κ1) is 33.6. The Labute approximate surface area is 259 Å². The molecule has 2 aromatic carbocycles. The largest absolute Gasteiger partial charge is 0.508 e. The molecule has 1 aliphatic heterocycles. The van der Waals surface area contributed by atoms with Crippen molar-refractivity contribution in [3.63, 3.8) is 0 Å². The number of phenols is 1. The van der Waals surface area contributed by atoms with E-state index in [2.05, 4.69) is 27.1 Å². The summed E-state index contributed by atoms with van der Waals surface area (Å²) in [4.78, 5) is 22.0. The van der Waals surface area contributed by atoms with Crippen LogP contribution in [0.25, 0.3) is 11.1 Å². The first-order valence-corrected chi connectivity index (χ1v) is 14.1. The lowest BCUT2D eigenvalue weighted by Crippen LogP contribution is -2.40. The number of pyridine rings is 1. The fourth-order valence-corrected chi connectivity index (χ4v) is 5.53. The molecule has 0 radical (unpaired) electrons. The van der Waals surface area contributed by atoms with Crippen LogP contribution in [0.3, 0.4) is 0 Å². The van der Waals surface area contributed by atoms with Crippen LogP contribution in [0.1, 0.15) is 48.0 Å². The molecule has 42 heavy (non-hydrogen) atoms. The lowest BCUT2D eigenvalue weighted by atomic mass is 9.91. The van der Waals surface area contributed by atoms with E-state index in [0.29, 0.717) is 5.75 Å². The smallest absolute Gasteiger partial charge is 0.257 e. The summed E-state index contributed by atoms with van der Waals surface area (Å²) in [5.74, 6) is -0.273. The Morgan fingerprint density at radius 3 is 2.64 bits per heavy atom. The van der Waals surface area contributed by atoms with Gasteiger partial charge in [0.2, 0.25) is 5.88 Å². The SMILES string of the molecule is CN1CCCN(Cc2cc(O)ccc2-c2cccc(Oc3ncc(F)cc3C(=O)N[C@H]3CC[C@H](N)CC3)c2)CC1.Cl.Cl. The Morgan fingerprint density at radius 1 is 1.07 bits per heavy atom. The van der Waals surface area contributed by atoms with Crippen LogP contribution in [0.15, 0.2) is 54.7 Å². The van der Waals surface area contributed by atoms with E-state index in [1.165, 1.54) is 0 Å². The molecule has 4 N–H and O–H groups in total. The monoisotopic (exact) mass is 619 g/mol. The molecule has 1 saturated carbocycles. The number of halogens is 3. The number of ether oxygens (including phenoxy) is 1. The fourth-order valence-electron chi connectivity index (χ4n) is 5.53. The minimum atomic E-state index is -0.606. The lowest BCUT2D eigenvalue weighted by molar-refractivity contribution is 0.0922. The molecule has 3 aromatic rings. The van der Waals surface area contributed by atoms with Crippen LogP contribution in [0.4, 0.5) is 4.39 Å². The number of benzene rings is 2. The van der Waals surface area contributed by atoms with Crippen LogP contribution >= 0.6 is 24.8 Å². The van der Waals surface area contributed by atoms with Gasteiger partial charge in [0.1, 0.15) is 22.9 Å². The van der Waals surface area contributed by atoms with Crippen molar-refractivity contribution in [3.05, 3.63) is 71.7 Å². The number of aromatic hydroxyl groups is 1. The zero-order chi connectivity index (χ0) is 28.1. The number of carbonyl (C=O) groups is 1. The topological polar surface area (TPSA) is 104 Å². The van der Waals surface area contributed by atoms with E-state index >= 15 is 0 Å². The van der Waals surface area contributed by atoms with Gasteiger partial charge < -0.3 is 25.8 Å². The number of nitrogens with two attached hydrogens (primary N) is 1. The number of carbonyl (C=O) groups excluding carboxylic acids is 1. The first-order chi connectivity index (χ1) is 19.3. The minimum absolute atomic E-state index is 0. The van der Waals surface area contributed by atoms with Gasteiger partial charge >= 0.3 is 0 Å². The van der Waals surface area contributed by atoms with Gasteiger partial charge in [-0.05, 0) is 99.3 Å². The number of nitrogens with one attached hydrogen (secondary N) is 1. The first-order valence-electron chi connectivity index (χ1n) is 14.1. The summed E-state index contributed by atoms with van der Waals surface area (Å²) in [6, 6.07) is 14.2. The van der Waals surface area contributed by atoms with Crippen molar-refractivity contribution in [1.29, 1.82) is 0 Å². The fraction of sp³-hybridized carbons (Fsp3) is 0.419. The normalized spacial score (nSPS) is 19.6. The van der Waals surface area contributed by atoms with E-state index in [4.69, 9.17) is 10.5 Å². The second-order valence-electron chi connectivity index (χ2n) is 11.0. The molecule has 1 aliphatic carbocycles. The van der Waals surface area contributed by atoms with Crippen molar-refractivity contribution in [2.75, 3.05) is 33.2 Å². The van der Waals surface area contributed by atoms with E-state index in [9.17, 15) is 14.3 Å². The molecule has 0 bridgehead atoms. The van der Waals surface area contributed by atoms with Gasteiger partial charge in [-0.3, -0.25) is 9.69 Å². The molecule has 0 unspecified atom stereocenters. The molecule has 2 fully saturated rings. The highest BCUT2D eigenvalue weighted by atomic mass is 35.5. The van der Waals surface area contributed by atoms with Gasteiger partial charge in [0, 0.05) is 31.7 Å². The van der Waals surface area contributed by atoms with Crippen LogP contribution < -0.4 is 15.8 Å². The molecule has 1 aromatic heterocycles. The van der Waals surface area contributed by atoms with Crippen LogP contribution in [-0.2, 0) is 6.54 Å². The summed E-state index contributed by atoms with van der Waals surface area (Å²) in [6.45, 7) is 4.76. The summed E-state index contributed by atoms with van der Waals surface area (Å²) in [7, 11) is 2.14. The second kappa shape index (κ2) is 15.5.